The summed E-state index contributed by atoms with van der Waals surface area (Å²) in [5, 5.41) is 3.50. The molecule has 1 aromatic rings. The molecule has 19 heavy (non-hydrogen) atoms. The summed E-state index contributed by atoms with van der Waals surface area (Å²) in [5.41, 5.74) is 1.33. The molecule has 1 fully saturated rings. The van der Waals surface area contributed by atoms with Crippen molar-refractivity contribution < 1.29 is 9.47 Å². The third kappa shape index (κ3) is 5.62. The van der Waals surface area contributed by atoms with Crippen molar-refractivity contribution in [3.8, 4) is 5.75 Å². The fraction of sp³-hybridized carbons (Fsp3) is 0.625. The third-order valence-corrected chi connectivity index (χ3v) is 3.49. The van der Waals surface area contributed by atoms with E-state index in [1.807, 2.05) is 12.1 Å². The molecule has 0 bridgehead atoms. The molecule has 2 rings (SSSR count). The summed E-state index contributed by atoms with van der Waals surface area (Å²) in [6.07, 6.45) is 3.76. The van der Waals surface area contributed by atoms with E-state index in [0.29, 0.717) is 6.04 Å². The first kappa shape index (κ1) is 14.4. The van der Waals surface area contributed by atoms with E-state index in [0.717, 1.165) is 37.8 Å². The summed E-state index contributed by atoms with van der Waals surface area (Å²) in [6.45, 7) is 4.92. The first-order valence-electron chi connectivity index (χ1n) is 7.22. The van der Waals surface area contributed by atoms with Gasteiger partial charge in [0, 0.05) is 19.2 Å². The van der Waals surface area contributed by atoms with Gasteiger partial charge in [0.2, 0.25) is 0 Å². The first-order chi connectivity index (χ1) is 9.28. The Morgan fingerprint density at radius 3 is 2.63 bits per heavy atom. The zero-order chi connectivity index (χ0) is 13.5. The van der Waals surface area contributed by atoms with Crippen molar-refractivity contribution in [1.82, 2.24) is 5.32 Å². The lowest BCUT2D eigenvalue weighted by molar-refractivity contribution is 0.124. The summed E-state index contributed by atoms with van der Waals surface area (Å²) < 4.78 is 10.8. The molecule has 1 N–H and O–H groups in total. The van der Waals surface area contributed by atoms with Crippen LogP contribution in [0.1, 0.15) is 25.3 Å². The Morgan fingerprint density at radius 1 is 1.26 bits per heavy atom. The topological polar surface area (TPSA) is 30.5 Å². The predicted octanol–water partition coefficient (Wildman–Crippen LogP) is 2.64. The molecule has 3 heteroatoms. The Labute approximate surface area is 116 Å². The molecule has 0 aliphatic heterocycles. The maximum absolute atomic E-state index is 5.61. The van der Waals surface area contributed by atoms with E-state index < -0.39 is 0 Å². The second-order valence-electron chi connectivity index (χ2n) is 5.43. The summed E-state index contributed by atoms with van der Waals surface area (Å²) in [7, 11) is 1.70. The molecule has 0 saturated heterocycles. The fourth-order valence-corrected chi connectivity index (χ4v) is 2.10. The average Bonchev–Trinajstić information content (AvgIpc) is 3.23. The van der Waals surface area contributed by atoms with Crippen LogP contribution in [0, 0.1) is 5.92 Å². The third-order valence-electron chi connectivity index (χ3n) is 3.49. The quantitative estimate of drug-likeness (QED) is 0.695. The van der Waals surface area contributed by atoms with E-state index in [-0.39, 0.29) is 0 Å². The molecule has 1 aromatic carbocycles. The molecule has 3 nitrogen and oxygen atoms in total. The Morgan fingerprint density at radius 2 is 2.00 bits per heavy atom. The molecule has 0 radical (unpaired) electrons. The highest BCUT2D eigenvalue weighted by atomic mass is 16.5. The van der Waals surface area contributed by atoms with Crippen molar-refractivity contribution >= 4 is 0 Å². The minimum absolute atomic E-state index is 0.470. The van der Waals surface area contributed by atoms with Crippen LogP contribution in [-0.4, -0.2) is 32.9 Å². The van der Waals surface area contributed by atoms with Gasteiger partial charge in [-0.15, -0.1) is 0 Å². The van der Waals surface area contributed by atoms with Crippen LogP contribution in [0.2, 0.25) is 0 Å². The second-order valence-corrected chi connectivity index (χ2v) is 5.43. The number of hydrogen-bond donors (Lipinski definition) is 1. The molecule has 1 saturated carbocycles. The second kappa shape index (κ2) is 7.51. The molecule has 1 aliphatic rings. The van der Waals surface area contributed by atoms with E-state index in [4.69, 9.17) is 9.47 Å². The van der Waals surface area contributed by atoms with Crippen LogP contribution in [0.5, 0.6) is 5.75 Å². The van der Waals surface area contributed by atoms with Crippen molar-refractivity contribution in [2.24, 2.45) is 5.92 Å². The van der Waals surface area contributed by atoms with Gasteiger partial charge in [-0.1, -0.05) is 12.1 Å². The van der Waals surface area contributed by atoms with Gasteiger partial charge >= 0.3 is 0 Å². The van der Waals surface area contributed by atoms with Crippen LogP contribution in [-0.2, 0) is 11.2 Å². The van der Waals surface area contributed by atoms with Gasteiger partial charge in [-0.25, -0.2) is 0 Å². The Hall–Kier alpha value is -1.06. The van der Waals surface area contributed by atoms with Crippen molar-refractivity contribution in [1.29, 1.82) is 0 Å². The lowest BCUT2D eigenvalue weighted by atomic mass is 10.1. The minimum atomic E-state index is 0.470. The minimum Gasteiger partial charge on any atom is -0.497 e. The van der Waals surface area contributed by atoms with Gasteiger partial charge in [0.25, 0.3) is 0 Å². The Bertz CT molecular complexity index is 360. The summed E-state index contributed by atoms with van der Waals surface area (Å²) in [6, 6.07) is 8.75. The molecule has 106 valence electrons. The summed E-state index contributed by atoms with van der Waals surface area (Å²) >= 11 is 0. The Balaban J connectivity index is 1.58. The van der Waals surface area contributed by atoms with Crippen molar-refractivity contribution in [3.63, 3.8) is 0 Å². The van der Waals surface area contributed by atoms with Crippen molar-refractivity contribution in [2.75, 3.05) is 26.9 Å². The van der Waals surface area contributed by atoms with Crippen LogP contribution in [0.3, 0.4) is 0 Å². The number of methoxy groups -OCH3 is 1. The van der Waals surface area contributed by atoms with Crippen LogP contribution < -0.4 is 10.1 Å². The SMILES string of the molecule is COc1ccc(CC(C)NCCOCC2CC2)cc1. The summed E-state index contributed by atoms with van der Waals surface area (Å²) in [4.78, 5) is 0. The van der Waals surface area contributed by atoms with Crippen LogP contribution in [0.25, 0.3) is 0 Å². The van der Waals surface area contributed by atoms with E-state index in [1.54, 1.807) is 7.11 Å². The number of rotatable bonds is 9. The van der Waals surface area contributed by atoms with Gasteiger partial charge in [-0.05, 0) is 49.8 Å². The molecular weight excluding hydrogens is 238 g/mol. The fourth-order valence-electron chi connectivity index (χ4n) is 2.10. The van der Waals surface area contributed by atoms with Crippen LogP contribution >= 0.6 is 0 Å². The number of benzene rings is 1. The van der Waals surface area contributed by atoms with Gasteiger partial charge in [-0.3, -0.25) is 0 Å². The van der Waals surface area contributed by atoms with Crippen LogP contribution in [0.15, 0.2) is 24.3 Å². The molecule has 0 amide bonds. The highest BCUT2D eigenvalue weighted by molar-refractivity contribution is 5.27. The van der Waals surface area contributed by atoms with Gasteiger partial charge in [0.1, 0.15) is 5.75 Å². The van der Waals surface area contributed by atoms with E-state index in [2.05, 4.69) is 24.4 Å². The molecule has 1 atom stereocenters. The largest absolute Gasteiger partial charge is 0.497 e. The smallest absolute Gasteiger partial charge is 0.118 e. The highest BCUT2D eigenvalue weighted by Crippen LogP contribution is 2.28. The van der Waals surface area contributed by atoms with E-state index in [9.17, 15) is 0 Å². The van der Waals surface area contributed by atoms with E-state index >= 15 is 0 Å². The highest BCUT2D eigenvalue weighted by Gasteiger charge is 2.20. The molecule has 1 aliphatic carbocycles. The van der Waals surface area contributed by atoms with Crippen LogP contribution in [0.4, 0.5) is 0 Å². The van der Waals surface area contributed by atoms with Crippen molar-refractivity contribution in [3.05, 3.63) is 29.8 Å². The standard InChI is InChI=1S/C16H25NO2/c1-13(17-9-10-19-12-15-3-4-15)11-14-5-7-16(18-2)8-6-14/h5-8,13,15,17H,3-4,9-12H2,1-2H3. The lowest BCUT2D eigenvalue weighted by Gasteiger charge is -2.14. The maximum atomic E-state index is 5.61. The molecule has 1 unspecified atom stereocenters. The first-order valence-corrected chi connectivity index (χ1v) is 7.22. The lowest BCUT2D eigenvalue weighted by Crippen LogP contribution is -2.31. The molecule has 0 heterocycles. The van der Waals surface area contributed by atoms with Gasteiger partial charge in [0.05, 0.1) is 13.7 Å². The van der Waals surface area contributed by atoms with Gasteiger partial charge in [-0.2, -0.15) is 0 Å². The summed E-state index contributed by atoms with van der Waals surface area (Å²) in [5.74, 6) is 1.77. The number of nitrogens with one attached hydrogen (secondary N) is 1. The maximum Gasteiger partial charge on any atom is 0.118 e. The van der Waals surface area contributed by atoms with Gasteiger partial charge < -0.3 is 14.8 Å². The van der Waals surface area contributed by atoms with E-state index in [1.165, 1.54) is 18.4 Å². The van der Waals surface area contributed by atoms with Gasteiger partial charge in [0.15, 0.2) is 0 Å². The zero-order valence-electron chi connectivity index (χ0n) is 12.0. The van der Waals surface area contributed by atoms with Crippen molar-refractivity contribution in [2.45, 2.75) is 32.2 Å². The predicted molar refractivity (Wildman–Crippen MR) is 77.7 cm³/mol. The zero-order valence-corrected chi connectivity index (χ0v) is 12.0. The average molecular weight is 263 g/mol. The number of ether oxygens (including phenoxy) is 2. The molecular formula is C16H25NO2. The number of hydrogen-bond acceptors (Lipinski definition) is 3. The molecule has 0 aromatic heterocycles. The normalized spacial score (nSPS) is 16.3. The Kier molecular flexibility index (Phi) is 5.67. The monoisotopic (exact) mass is 263 g/mol. The molecule has 0 spiro atoms.